The Hall–Kier alpha value is -0.120. The maximum Gasteiger partial charge on any atom is 0.0112 e. The summed E-state index contributed by atoms with van der Waals surface area (Å²) in [6.45, 7) is 17.7. The molecule has 1 aliphatic rings. The van der Waals surface area contributed by atoms with Crippen LogP contribution in [0.2, 0.25) is 0 Å². The van der Waals surface area contributed by atoms with E-state index in [4.69, 9.17) is 0 Å². The highest BCUT2D eigenvalue weighted by atomic mass is 15.2. The molecule has 0 aromatic heterocycles. The van der Waals surface area contributed by atoms with E-state index in [9.17, 15) is 0 Å². The first kappa shape index (κ1) is 15.9. The van der Waals surface area contributed by atoms with Gasteiger partial charge in [-0.25, -0.2) is 0 Å². The van der Waals surface area contributed by atoms with Crippen molar-refractivity contribution in [1.29, 1.82) is 0 Å². The Bertz CT molecular complexity index is 196. The molecule has 18 heavy (non-hydrogen) atoms. The molecule has 1 saturated heterocycles. The topological polar surface area (TPSA) is 18.5 Å². The Balaban J connectivity index is 2.34. The van der Waals surface area contributed by atoms with Gasteiger partial charge in [-0.1, -0.05) is 13.8 Å². The summed E-state index contributed by atoms with van der Waals surface area (Å²) in [6, 6.07) is 0.676. The van der Waals surface area contributed by atoms with Gasteiger partial charge in [0.25, 0.3) is 0 Å². The van der Waals surface area contributed by atoms with Gasteiger partial charge in [0.1, 0.15) is 0 Å². The average molecular weight is 255 g/mol. The Morgan fingerprint density at radius 3 is 2.17 bits per heavy atom. The fourth-order valence-corrected chi connectivity index (χ4v) is 2.77. The van der Waals surface area contributed by atoms with Gasteiger partial charge in [0, 0.05) is 25.7 Å². The third kappa shape index (κ3) is 5.68. The summed E-state index contributed by atoms with van der Waals surface area (Å²) < 4.78 is 0. The predicted molar refractivity (Wildman–Crippen MR) is 80.1 cm³/mol. The molecule has 0 saturated carbocycles. The van der Waals surface area contributed by atoms with Crippen LogP contribution in [0.1, 0.15) is 40.5 Å². The Morgan fingerprint density at radius 1 is 1.06 bits per heavy atom. The summed E-state index contributed by atoms with van der Waals surface area (Å²) in [4.78, 5) is 5.20. The highest BCUT2D eigenvalue weighted by Gasteiger charge is 2.19. The van der Waals surface area contributed by atoms with E-state index in [-0.39, 0.29) is 0 Å². The Labute approximate surface area is 114 Å². The van der Waals surface area contributed by atoms with Gasteiger partial charge in [0.05, 0.1) is 0 Å². The van der Waals surface area contributed by atoms with Gasteiger partial charge in [-0.3, -0.25) is 4.90 Å². The minimum Gasteiger partial charge on any atom is -0.317 e. The second-order valence-corrected chi connectivity index (χ2v) is 5.81. The van der Waals surface area contributed by atoms with Crippen LogP contribution in [0.4, 0.5) is 0 Å². The first-order valence-electron chi connectivity index (χ1n) is 7.84. The summed E-state index contributed by atoms with van der Waals surface area (Å²) in [7, 11) is 0. The zero-order chi connectivity index (χ0) is 13.4. The molecule has 0 radical (unpaired) electrons. The van der Waals surface area contributed by atoms with Crippen molar-refractivity contribution in [3.8, 4) is 0 Å². The molecule has 1 heterocycles. The summed E-state index contributed by atoms with van der Waals surface area (Å²) in [6.07, 6.45) is 2.71. The molecule has 1 N–H and O–H groups in total. The second-order valence-electron chi connectivity index (χ2n) is 5.81. The highest BCUT2D eigenvalue weighted by molar-refractivity contribution is 4.75. The molecular weight excluding hydrogens is 222 g/mol. The van der Waals surface area contributed by atoms with E-state index in [0.717, 1.165) is 5.92 Å². The fourth-order valence-electron chi connectivity index (χ4n) is 2.77. The molecule has 0 aromatic rings. The van der Waals surface area contributed by atoms with E-state index in [1.54, 1.807) is 0 Å². The second kappa shape index (κ2) is 8.89. The molecule has 0 atom stereocenters. The number of hydrogen-bond acceptors (Lipinski definition) is 3. The van der Waals surface area contributed by atoms with Crippen LogP contribution in [0.3, 0.4) is 0 Å². The zero-order valence-corrected chi connectivity index (χ0v) is 12.9. The fraction of sp³-hybridized carbons (Fsp3) is 1.00. The van der Waals surface area contributed by atoms with Crippen molar-refractivity contribution in [3.05, 3.63) is 0 Å². The summed E-state index contributed by atoms with van der Waals surface area (Å²) in [5.41, 5.74) is 0. The molecule has 0 bridgehead atoms. The molecule has 0 amide bonds. The lowest BCUT2D eigenvalue weighted by atomic mass is 9.97. The van der Waals surface area contributed by atoms with Gasteiger partial charge in [0.15, 0.2) is 0 Å². The molecule has 108 valence electrons. The smallest absolute Gasteiger partial charge is 0.0112 e. The van der Waals surface area contributed by atoms with Crippen molar-refractivity contribution in [2.75, 3.05) is 45.8 Å². The Morgan fingerprint density at radius 2 is 1.67 bits per heavy atom. The van der Waals surface area contributed by atoms with Crippen LogP contribution in [-0.2, 0) is 0 Å². The van der Waals surface area contributed by atoms with Crippen molar-refractivity contribution in [2.45, 2.75) is 46.6 Å². The first-order chi connectivity index (χ1) is 8.67. The van der Waals surface area contributed by atoms with Gasteiger partial charge >= 0.3 is 0 Å². The molecule has 1 aliphatic heterocycles. The zero-order valence-electron chi connectivity index (χ0n) is 12.9. The number of piperidine rings is 1. The predicted octanol–water partition coefficient (Wildman–Crippen LogP) is 2.04. The van der Waals surface area contributed by atoms with Crippen LogP contribution in [0.25, 0.3) is 0 Å². The number of nitrogens with one attached hydrogen (secondary N) is 1. The highest BCUT2D eigenvalue weighted by Crippen LogP contribution is 2.15. The first-order valence-corrected chi connectivity index (χ1v) is 7.84. The molecular formula is C15H33N3. The molecule has 3 heteroatoms. The number of likely N-dealkylation sites (N-methyl/N-ethyl adjacent to an activating group) is 1. The van der Waals surface area contributed by atoms with E-state index in [1.807, 2.05) is 0 Å². The van der Waals surface area contributed by atoms with E-state index >= 15 is 0 Å². The van der Waals surface area contributed by atoms with Gasteiger partial charge in [-0.15, -0.1) is 0 Å². The molecule has 0 aliphatic carbocycles. The van der Waals surface area contributed by atoms with E-state index in [1.165, 1.54) is 58.7 Å². The van der Waals surface area contributed by atoms with Crippen molar-refractivity contribution >= 4 is 0 Å². The third-order valence-electron chi connectivity index (χ3n) is 4.28. The largest absolute Gasteiger partial charge is 0.317 e. The molecule has 1 rings (SSSR count). The third-order valence-corrected chi connectivity index (χ3v) is 4.28. The normalized spacial score (nSPS) is 18.2. The van der Waals surface area contributed by atoms with Crippen LogP contribution < -0.4 is 5.32 Å². The summed E-state index contributed by atoms with van der Waals surface area (Å²) in [5, 5.41) is 3.46. The molecule has 3 nitrogen and oxygen atoms in total. The standard InChI is InChI=1S/C15H33N3/c1-5-17(6-2)11-12-18(14(3)4)13-15-7-9-16-10-8-15/h14-16H,5-13H2,1-4H3. The summed E-state index contributed by atoms with van der Waals surface area (Å²) in [5.74, 6) is 0.908. The van der Waals surface area contributed by atoms with E-state index < -0.39 is 0 Å². The maximum atomic E-state index is 3.46. The molecule has 0 unspecified atom stereocenters. The minimum absolute atomic E-state index is 0.676. The minimum atomic E-state index is 0.676. The lowest BCUT2D eigenvalue weighted by Gasteiger charge is -2.34. The Kier molecular flexibility index (Phi) is 7.87. The van der Waals surface area contributed by atoms with Gasteiger partial charge < -0.3 is 10.2 Å². The van der Waals surface area contributed by atoms with Crippen molar-refractivity contribution in [2.24, 2.45) is 5.92 Å². The molecule has 0 aromatic carbocycles. The van der Waals surface area contributed by atoms with Crippen LogP contribution in [0.15, 0.2) is 0 Å². The lowest BCUT2D eigenvalue weighted by molar-refractivity contribution is 0.146. The monoisotopic (exact) mass is 255 g/mol. The van der Waals surface area contributed by atoms with Crippen LogP contribution >= 0.6 is 0 Å². The van der Waals surface area contributed by atoms with Crippen molar-refractivity contribution in [3.63, 3.8) is 0 Å². The van der Waals surface area contributed by atoms with Gasteiger partial charge in [-0.05, 0) is 58.8 Å². The summed E-state index contributed by atoms with van der Waals surface area (Å²) >= 11 is 0. The molecule has 1 fully saturated rings. The van der Waals surface area contributed by atoms with Crippen molar-refractivity contribution < 1.29 is 0 Å². The number of rotatable bonds is 8. The van der Waals surface area contributed by atoms with Crippen LogP contribution in [0, 0.1) is 5.92 Å². The average Bonchev–Trinajstić information content (AvgIpc) is 2.39. The quantitative estimate of drug-likeness (QED) is 0.716. The van der Waals surface area contributed by atoms with Crippen molar-refractivity contribution in [1.82, 2.24) is 15.1 Å². The van der Waals surface area contributed by atoms with Crippen LogP contribution in [-0.4, -0.2) is 61.7 Å². The number of nitrogens with zero attached hydrogens (tertiary/aromatic N) is 2. The molecule has 0 spiro atoms. The number of hydrogen-bond donors (Lipinski definition) is 1. The SMILES string of the molecule is CCN(CC)CCN(CC1CCNCC1)C(C)C. The maximum absolute atomic E-state index is 3.46. The van der Waals surface area contributed by atoms with E-state index in [0.29, 0.717) is 6.04 Å². The van der Waals surface area contributed by atoms with Gasteiger partial charge in [-0.2, -0.15) is 0 Å². The van der Waals surface area contributed by atoms with Crippen LogP contribution in [0.5, 0.6) is 0 Å². The lowest BCUT2D eigenvalue weighted by Crippen LogP contribution is -2.43. The van der Waals surface area contributed by atoms with E-state index in [2.05, 4.69) is 42.8 Å². The van der Waals surface area contributed by atoms with Gasteiger partial charge in [0.2, 0.25) is 0 Å².